The van der Waals surface area contributed by atoms with E-state index in [1.807, 2.05) is 19.1 Å². The molecule has 0 aromatic carbocycles. The van der Waals surface area contributed by atoms with Crippen LogP contribution in [0.15, 0.2) is 29.6 Å². The van der Waals surface area contributed by atoms with Gasteiger partial charge in [0.2, 0.25) is 5.91 Å². The molecule has 0 bridgehead atoms. The number of hydrogen-bond donors (Lipinski definition) is 1. The minimum atomic E-state index is -0.178. The van der Waals surface area contributed by atoms with Gasteiger partial charge in [0.05, 0.1) is 5.71 Å². The lowest BCUT2D eigenvalue weighted by molar-refractivity contribution is -0.118. The fourth-order valence-corrected chi connectivity index (χ4v) is 0.804. The lowest BCUT2D eigenvalue weighted by Crippen LogP contribution is -2.15. The van der Waals surface area contributed by atoms with Crippen LogP contribution in [0.4, 0.5) is 0 Å². The summed E-state index contributed by atoms with van der Waals surface area (Å²) in [4.78, 5) is 14.5. The van der Waals surface area contributed by atoms with Gasteiger partial charge in [0.15, 0.2) is 0 Å². The summed E-state index contributed by atoms with van der Waals surface area (Å²) in [5.41, 5.74) is 4.00. The van der Waals surface area contributed by atoms with Crippen molar-refractivity contribution in [3.8, 4) is 0 Å². The van der Waals surface area contributed by atoms with Crippen molar-refractivity contribution in [2.24, 2.45) is 5.10 Å². The van der Waals surface area contributed by atoms with Crippen LogP contribution in [0, 0.1) is 0 Å². The highest BCUT2D eigenvalue weighted by molar-refractivity contribution is 5.98. The van der Waals surface area contributed by atoms with Crippen LogP contribution >= 0.6 is 0 Å². The van der Waals surface area contributed by atoms with E-state index < -0.39 is 0 Å². The van der Waals surface area contributed by atoms with Crippen molar-refractivity contribution in [2.45, 2.75) is 13.8 Å². The first-order chi connectivity index (χ1) is 6.20. The molecule has 0 fully saturated rings. The summed E-state index contributed by atoms with van der Waals surface area (Å²) < 4.78 is 0. The molecule has 1 amide bonds. The monoisotopic (exact) mass is 177 g/mol. The molecule has 13 heavy (non-hydrogen) atoms. The molecule has 4 nitrogen and oxygen atoms in total. The van der Waals surface area contributed by atoms with Crippen molar-refractivity contribution in [1.29, 1.82) is 0 Å². The van der Waals surface area contributed by atoms with E-state index in [0.29, 0.717) is 0 Å². The van der Waals surface area contributed by atoms with Crippen LogP contribution < -0.4 is 5.43 Å². The van der Waals surface area contributed by atoms with E-state index >= 15 is 0 Å². The Morgan fingerprint density at radius 3 is 2.85 bits per heavy atom. The van der Waals surface area contributed by atoms with Crippen molar-refractivity contribution in [2.75, 3.05) is 0 Å². The molecule has 1 rings (SSSR count). The maximum absolute atomic E-state index is 10.5. The number of amides is 1. The maximum atomic E-state index is 10.5. The molecule has 0 radical (unpaired) electrons. The van der Waals surface area contributed by atoms with Crippen LogP contribution in [0.2, 0.25) is 0 Å². The quantitative estimate of drug-likeness (QED) is 0.540. The second kappa shape index (κ2) is 4.35. The summed E-state index contributed by atoms with van der Waals surface area (Å²) in [6, 6.07) is 3.70. The predicted octanol–water partition coefficient (Wildman–Crippen LogP) is 0.942. The molecule has 0 unspecified atom stereocenters. The van der Waals surface area contributed by atoms with E-state index in [-0.39, 0.29) is 5.91 Å². The van der Waals surface area contributed by atoms with Crippen LogP contribution in [-0.2, 0) is 4.79 Å². The molecular weight excluding hydrogens is 166 g/mol. The zero-order valence-corrected chi connectivity index (χ0v) is 7.61. The largest absolute Gasteiger partial charge is 0.274 e. The lowest BCUT2D eigenvalue weighted by atomic mass is 10.2. The minimum Gasteiger partial charge on any atom is -0.274 e. The third-order valence-corrected chi connectivity index (χ3v) is 1.46. The molecule has 0 spiro atoms. The molecule has 0 atom stereocenters. The lowest BCUT2D eigenvalue weighted by Gasteiger charge is -1.98. The Morgan fingerprint density at radius 2 is 2.31 bits per heavy atom. The zero-order chi connectivity index (χ0) is 9.68. The van der Waals surface area contributed by atoms with Gasteiger partial charge in [-0.25, -0.2) is 5.43 Å². The summed E-state index contributed by atoms with van der Waals surface area (Å²) in [6.07, 6.45) is 3.38. The molecule has 1 N–H and O–H groups in total. The van der Waals surface area contributed by atoms with Gasteiger partial charge in [-0.05, 0) is 13.0 Å². The third kappa shape index (κ3) is 3.02. The highest BCUT2D eigenvalue weighted by Crippen LogP contribution is 1.96. The Morgan fingerprint density at radius 1 is 1.54 bits per heavy atom. The highest BCUT2D eigenvalue weighted by Gasteiger charge is 1.95. The fourth-order valence-electron chi connectivity index (χ4n) is 0.804. The van der Waals surface area contributed by atoms with Crippen molar-refractivity contribution in [1.82, 2.24) is 10.4 Å². The van der Waals surface area contributed by atoms with E-state index in [1.165, 1.54) is 6.92 Å². The summed E-state index contributed by atoms with van der Waals surface area (Å²) >= 11 is 0. The van der Waals surface area contributed by atoms with Crippen LogP contribution in [0.1, 0.15) is 19.4 Å². The van der Waals surface area contributed by atoms with Crippen molar-refractivity contribution in [3.05, 3.63) is 30.1 Å². The van der Waals surface area contributed by atoms with E-state index in [4.69, 9.17) is 0 Å². The van der Waals surface area contributed by atoms with Crippen molar-refractivity contribution >= 4 is 11.6 Å². The average Bonchev–Trinajstić information content (AvgIpc) is 2.15. The van der Waals surface area contributed by atoms with Crippen LogP contribution in [0.3, 0.4) is 0 Å². The summed E-state index contributed by atoms with van der Waals surface area (Å²) in [6.45, 7) is 3.23. The second-order valence-corrected chi connectivity index (χ2v) is 2.61. The average molecular weight is 177 g/mol. The number of carbonyl (C=O) groups is 1. The van der Waals surface area contributed by atoms with E-state index in [2.05, 4.69) is 15.5 Å². The number of nitrogens with zero attached hydrogens (tertiary/aromatic N) is 2. The van der Waals surface area contributed by atoms with E-state index in [0.717, 1.165) is 11.3 Å². The Labute approximate surface area is 76.7 Å². The fraction of sp³-hybridized carbons (Fsp3) is 0.222. The summed E-state index contributed by atoms with van der Waals surface area (Å²) in [5.74, 6) is -0.178. The Kier molecular flexibility index (Phi) is 3.14. The van der Waals surface area contributed by atoms with Gasteiger partial charge in [-0.2, -0.15) is 5.10 Å². The Balaban J connectivity index is 2.73. The second-order valence-electron chi connectivity index (χ2n) is 2.61. The molecule has 0 aliphatic rings. The SMILES string of the molecule is CC(=O)NN=C(C)c1cccnc1. The molecule has 0 saturated heterocycles. The molecule has 4 heteroatoms. The molecule has 68 valence electrons. The number of hydrazone groups is 1. The molecule has 1 heterocycles. The van der Waals surface area contributed by atoms with Gasteiger partial charge in [-0.1, -0.05) is 6.07 Å². The number of rotatable bonds is 2. The number of hydrogen-bond acceptors (Lipinski definition) is 3. The van der Waals surface area contributed by atoms with Gasteiger partial charge in [0, 0.05) is 24.9 Å². The molecule has 0 aliphatic heterocycles. The number of nitrogens with one attached hydrogen (secondary N) is 1. The molecule has 1 aromatic rings. The third-order valence-electron chi connectivity index (χ3n) is 1.46. The zero-order valence-electron chi connectivity index (χ0n) is 7.61. The van der Waals surface area contributed by atoms with E-state index in [9.17, 15) is 4.79 Å². The van der Waals surface area contributed by atoms with Gasteiger partial charge < -0.3 is 0 Å². The first kappa shape index (κ1) is 9.38. The van der Waals surface area contributed by atoms with E-state index in [1.54, 1.807) is 12.4 Å². The Bertz CT molecular complexity index is 319. The van der Waals surface area contributed by atoms with Gasteiger partial charge in [0.1, 0.15) is 0 Å². The molecular formula is C9H11N3O. The smallest absolute Gasteiger partial charge is 0.236 e. The normalized spacial score (nSPS) is 11.1. The number of carbonyl (C=O) groups excluding carboxylic acids is 1. The molecule has 0 saturated carbocycles. The first-order valence-corrected chi connectivity index (χ1v) is 3.91. The minimum absolute atomic E-state index is 0.178. The van der Waals surface area contributed by atoms with Crippen molar-refractivity contribution < 1.29 is 4.79 Å². The van der Waals surface area contributed by atoms with Crippen molar-refractivity contribution in [3.63, 3.8) is 0 Å². The topological polar surface area (TPSA) is 54.4 Å². The highest BCUT2D eigenvalue weighted by atomic mass is 16.2. The maximum Gasteiger partial charge on any atom is 0.236 e. The van der Waals surface area contributed by atoms with Crippen LogP contribution in [0.25, 0.3) is 0 Å². The number of aromatic nitrogens is 1. The summed E-state index contributed by atoms with van der Waals surface area (Å²) in [5, 5.41) is 3.87. The molecule has 1 aromatic heterocycles. The van der Waals surface area contributed by atoms with Crippen LogP contribution in [-0.4, -0.2) is 16.6 Å². The summed E-state index contributed by atoms with van der Waals surface area (Å²) in [7, 11) is 0. The van der Waals surface area contributed by atoms with Gasteiger partial charge in [-0.15, -0.1) is 0 Å². The Hall–Kier alpha value is -1.71. The van der Waals surface area contributed by atoms with Gasteiger partial charge in [0.25, 0.3) is 0 Å². The first-order valence-electron chi connectivity index (χ1n) is 3.91. The van der Waals surface area contributed by atoms with Gasteiger partial charge in [-0.3, -0.25) is 9.78 Å². The predicted molar refractivity (Wildman–Crippen MR) is 50.3 cm³/mol. The molecule has 0 aliphatic carbocycles. The van der Waals surface area contributed by atoms with Crippen LogP contribution in [0.5, 0.6) is 0 Å². The standard InChI is InChI=1S/C9H11N3O/c1-7(11-12-8(2)13)9-4-3-5-10-6-9/h3-6H,1-2H3,(H,12,13). The number of pyridine rings is 1. The van der Waals surface area contributed by atoms with Gasteiger partial charge >= 0.3 is 0 Å².